The van der Waals surface area contributed by atoms with E-state index in [1.165, 1.54) is 0 Å². The number of thiocarbonyl (C=S) groups is 1. The van der Waals surface area contributed by atoms with Crippen LogP contribution in [0, 0.1) is 11.3 Å². The number of ether oxygens (including phenoxy) is 1. The number of carbonyl (C=O) groups is 2. The predicted octanol–water partition coefficient (Wildman–Crippen LogP) is 5.21. The zero-order valence-corrected chi connectivity index (χ0v) is 22.0. The molecule has 0 spiro atoms. The minimum absolute atomic E-state index is 0.00852. The molecule has 9 heteroatoms. The summed E-state index contributed by atoms with van der Waals surface area (Å²) in [4.78, 5) is 25.1. The first-order valence-corrected chi connectivity index (χ1v) is 14.8. The minimum Gasteiger partial charge on any atom is -0.481 e. The molecule has 0 bridgehead atoms. The first-order chi connectivity index (χ1) is 14.8. The van der Waals surface area contributed by atoms with Gasteiger partial charge >= 0.3 is 5.97 Å². The van der Waals surface area contributed by atoms with Crippen LogP contribution in [-0.4, -0.2) is 41.7 Å². The normalized spacial score (nSPS) is 21.8. The van der Waals surface area contributed by atoms with E-state index in [9.17, 15) is 14.7 Å². The minimum atomic E-state index is -2.06. The van der Waals surface area contributed by atoms with Crippen LogP contribution in [0.1, 0.15) is 33.6 Å². The van der Waals surface area contributed by atoms with Crippen LogP contribution in [0.4, 0.5) is 0 Å². The number of nitrogens with one attached hydrogen (secondary N) is 1. The largest absolute Gasteiger partial charge is 0.481 e. The summed E-state index contributed by atoms with van der Waals surface area (Å²) in [5.74, 6) is -1.68. The van der Waals surface area contributed by atoms with Crippen LogP contribution in [0.3, 0.4) is 0 Å². The van der Waals surface area contributed by atoms with Gasteiger partial charge in [-0.15, -0.1) is 6.58 Å². The predicted molar refractivity (Wildman–Crippen MR) is 135 cm³/mol. The van der Waals surface area contributed by atoms with Gasteiger partial charge in [0.15, 0.2) is 8.32 Å². The maximum Gasteiger partial charge on any atom is 0.308 e. The molecule has 2 N–H and O–H groups in total. The fourth-order valence-electron chi connectivity index (χ4n) is 3.41. The summed E-state index contributed by atoms with van der Waals surface area (Å²) in [6.07, 6.45) is 2.00. The fraction of sp³-hybridized carbons (Fsp3) is 0.522. The van der Waals surface area contributed by atoms with Crippen molar-refractivity contribution in [2.45, 2.75) is 57.1 Å². The third-order valence-electron chi connectivity index (χ3n) is 6.42. The molecule has 1 saturated heterocycles. The molecule has 2 rings (SSSR count). The lowest BCUT2D eigenvalue weighted by Crippen LogP contribution is -2.70. The van der Waals surface area contributed by atoms with Crippen LogP contribution in [0.2, 0.25) is 18.1 Å². The summed E-state index contributed by atoms with van der Waals surface area (Å²) in [7, 11) is -2.06. The van der Waals surface area contributed by atoms with Crippen LogP contribution in [0.25, 0.3) is 0 Å². The van der Waals surface area contributed by atoms with E-state index in [-0.39, 0.29) is 28.2 Å². The number of benzene rings is 1. The van der Waals surface area contributed by atoms with Crippen molar-refractivity contribution in [3.63, 3.8) is 0 Å². The second-order valence-electron chi connectivity index (χ2n) is 9.45. The smallest absolute Gasteiger partial charge is 0.308 e. The van der Waals surface area contributed by atoms with Crippen LogP contribution < -0.4 is 10.1 Å². The monoisotopic (exact) mass is 495 g/mol. The summed E-state index contributed by atoms with van der Waals surface area (Å²) in [6, 6.07) is 9.10. The first kappa shape index (κ1) is 26.6. The number of carboxylic acid groups (broad SMARTS) is 1. The molecule has 1 aliphatic heterocycles. The lowest BCUT2D eigenvalue weighted by atomic mass is 9.66. The van der Waals surface area contributed by atoms with Crippen molar-refractivity contribution in [1.82, 2.24) is 5.32 Å². The highest BCUT2D eigenvalue weighted by molar-refractivity contribution is 8.23. The lowest BCUT2D eigenvalue weighted by molar-refractivity contribution is -0.162. The Hall–Kier alpha value is -1.68. The van der Waals surface area contributed by atoms with Gasteiger partial charge in [0.1, 0.15) is 5.75 Å². The maximum atomic E-state index is 12.9. The summed E-state index contributed by atoms with van der Waals surface area (Å²) >= 11 is 6.55. The molecule has 1 amide bonds. The Kier molecular flexibility index (Phi) is 8.72. The number of hydrogen-bond acceptors (Lipinski definition) is 6. The molecule has 0 aromatic heterocycles. The maximum absolute atomic E-state index is 12.9. The van der Waals surface area contributed by atoms with E-state index in [1.54, 1.807) is 18.2 Å². The Morgan fingerprint density at radius 2 is 2.00 bits per heavy atom. The van der Waals surface area contributed by atoms with Gasteiger partial charge in [-0.3, -0.25) is 9.59 Å². The lowest BCUT2D eigenvalue weighted by Gasteiger charge is -2.51. The fourth-order valence-corrected chi connectivity index (χ4v) is 5.95. The number of β-lactam (4-membered cyclic amide) rings is 1. The molecule has 2 unspecified atom stereocenters. The van der Waals surface area contributed by atoms with E-state index >= 15 is 0 Å². The van der Waals surface area contributed by atoms with Crippen LogP contribution in [0.15, 0.2) is 43.0 Å². The van der Waals surface area contributed by atoms with Gasteiger partial charge in [0, 0.05) is 6.61 Å². The molecule has 0 saturated carbocycles. The molecule has 1 aromatic rings. The van der Waals surface area contributed by atoms with Crippen LogP contribution >= 0.6 is 24.0 Å². The summed E-state index contributed by atoms with van der Waals surface area (Å²) in [6.45, 7) is 14.7. The third kappa shape index (κ3) is 5.81. The Balaban J connectivity index is 2.23. The van der Waals surface area contributed by atoms with E-state index in [1.807, 2.05) is 18.2 Å². The van der Waals surface area contributed by atoms with E-state index in [4.69, 9.17) is 21.4 Å². The van der Waals surface area contributed by atoms with Gasteiger partial charge in [0.25, 0.3) is 0 Å². The quantitative estimate of drug-likeness (QED) is 0.199. The zero-order chi connectivity index (χ0) is 24.2. The van der Waals surface area contributed by atoms with E-state index in [2.05, 4.69) is 45.8 Å². The second-order valence-corrected chi connectivity index (χ2v) is 16.0. The Morgan fingerprint density at radius 1 is 1.38 bits per heavy atom. The molecule has 32 heavy (non-hydrogen) atoms. The second kappa shape index (κ2) is 10.5. The number of carbonyl (C=O) groups excluding carboxylic acids is 1. The third-order valence-corrected chi connectivity index (χ3v) is 12.4. The summed E-state index contributed by atoms with van der Waals surface area (Å²) in [5.41, 5.74) is -1.17. The number of thioether (sulfide) groups is 1. The molecule has 6 nitrogen and oxygen atoms in total. The van der Waals surface area contributed by atoms with Crippen molar-refractivity contribution < 1.29 is 23.9 Å². The Morgan fingerprint density at radius 3 is 2.50 bits per heavy atom. The van der Waals surface area contributed by atoms with Gasteiger partial charge in [0.2, 0.25) is 10.3 Å². The summed E-state index contributed by atoms with van der Waals surface area (Å²) in [5, 5.41) is 12.3. The number of allylic oxidation sites excluding steroid dienone is 1. The topological polar surface area (TPSA) is 84.9 Å². The molecule has 1 fully saturated rings. The average molecular weight is 496 g/mol. The van der Waals surface area contributed by atoms with E-state index < -0.39 is 31.0 Å². The van der Waals surface area contributed by atoms with Gasteiger partial charge in [-0.2, -0.15) is 0 Å². The number of para-hydroxylation sites is 1. The van der Waals surface area contributed by atoms with Crippen molar-refractivity contribution in [2.24, 2.45) is 11.3 Å². The van der Waals surface area contributed by atoms with Crippen molar-refractivity contribution in [3.05, 3.63) is 43.0 Å². The zero-order valence-electron chi connectivity index (χ0n) is 19.3. The molecule has 176 valence electrons. The van der Waals surface area contributed by atoms with Crippen LogP contribution in [-0.2, 0) is 14.0 Å². The highest BCUT2D eigenvalue weighted by Gasteiger charge is 2.62. The molecule has 0 radical (unpaired) electrons. The van der Waals surface area contributed by atoms with Gasteiger partial charge < -0.3 is 19.6 Å². The molecular weight excluding hydrogens is 462 g/mol. The van der Waals surface area contributed by atoms with Crippen molar-refractivity contribution in [2.75, 3.05) is 6.61 Å². The van der Waals surface area contributed by atoms with Crippen LogP contribution in [0.5, 0.6) is 5.75 Å². The summed E-state index contributed by atoms with van der Waals surface area (Å²) < 4.78 is 12.2. The standard InChI is InChI=1S/C23H33NO5S2Si/c1-7-11-17(18(25)26)23(14-15-28-32(5,6)22(2,3)4)19(27)24-20(23)31-21(30)29-16-12-9-8-10-13-16/h7-10,12-13,17,20H,1,11,14-15H2,2-6H3,(H,24,27)(H,25,26)/t17-,20?,23?/m0/s1. The number of hydrogen-bond donors (Lipinski definition) is 2. The molecule has 1 aliphatic rings. The van der Waals surface area contributed by atoms with E-state index in [0.29, 0.717) is 12.4 Å². The number of rotatable bonds is 10. The molecule has 1 heterocycles. The van der Waals surface area contributed by atoms with Gasteiger partial charge in [-0.1, -0.05) is 56.8 Å². The molecule has 0 aliphatic carbocycles. The molecule has 1 aromatic carbocycles. The highest BCUT2D eigenvalue weighted by Crippen LogP contribution is 2.49. The van der Waals surface area contributed by atoms with E-state index in [0.717, 1.165) is 11.8 Å². The van der Waals surface area contributed by atoms with Crippen molar-refractivity contribution in [1.29, 1.82) is 0 Å². The Labute approximate surface area is 201 Å². The van der Waals surface area contributed by atoms with Gasteiger partial charge in [-0.25, -0.2) is 0 Å². The molecular formula is C23H33NO5S2Si. The van der Waals surface area contributed by atoms with Crippen molar-refractivity contribution in [3.8, 4) is 5.75 Å². The number of amides is 1. The SMILES string of the molecule is C=CC[C@@H](C(=O)O)C1(CCO[Si](C)(C)C(C)(C)C)C(=O)NC1SC(=S)Oc1ccccc1. The molecule has 3 atom stereocenters. The Bertz CT molecular complexity index is 856. The van der Waals surface area contributed by atoms with Crippen molar-refractivity contribution >= 4 is 48.6 Å². The van der Waals surface area contributed by atoms with Gasteiger partial charge in [-0.05, 0) is 55.3 Å². The number of aliphatic carboxylic acids is 1. The average Bonchev–Trinajstić information content (AvgIpc) is 2.69. The first-order valence-electron chi connectivity index (χ1n) is 10.6. The number of carboxylic acids is 1. The van der Waals surface area contributed by atoms with Gasteiger partial charge in [0.05, 0.1) is 16.7 Å². The highest BCUT2D eigenvalue weighted by atomic mass is 32.2.